The van der Waals surface area contributed by atoms with E-state index in [1.807, 2.05) is 18.2 Å². The van der Waals surface area contributed by atoms with E-state index in [1.165, 1.54) is 13.0 Å². The van der Waals surface area contributed by atoms with Crippen LogP contribution in [0.25, 0.3) is 0 Å². The van der Waals surface area contributed by atoms with Crippen molar-refractivity contribution in [1.29, 1.82) is 0 Å². The monoisotopic (exact) mass is 418 g/mol. The van der Waals surface area contributed by atoms with Gasteiger partial charge in [0.1, 0.15) is 17.9 Å². The molecule has 0 aliphatic heterocycles. The van der Waals surface area contributed by atoms with Crippen molar-refractivity contribution in [3.05, 3.63) is 64.7 Å². The fourth-order valence-corrected chi connectivity index (χ4v) is 2.51. The number of benzene rings is 2. The Kier molecular flexibility index (Phi) is 8.03. The minimum Gasteiger partial charge on any atom is -0.488 e. The Morgan fingerprint density at radius 3 is 2.34 bits per heavy atom. The van der Waals surface area contributed by atoms with Gasteiger partial charge in [0.15, 0.2) is 6.10 Å². The molecule has 0 fully saturated rings. The highest BCUT2D eigenvalue weighted by Gasteiger charge is 2.23. The molecule has 1 atom stereocenters. The summed E-state index contributed by atoms with van der Waals surface area (Å²) in [5.41, 5.74) is 0.923. The molecule has 154 valence electrons. The molecule has 2 aromatic rings. The Morgan fingerprint density at radius 2 is 1.66 bits per heavy atom. The molecule has 0 spiro atoms. The maximum atomic E-state index is 12.5. The van der Waals surface area contributed by atoms with Gasteiger partial charge in [-0.15, -0.1) is 0 Å². The number of carbonyl (C=O) groups is 3. The van der Waals surface area contributed by atoms with Gasteiger partial charge in [-0.05, 0) is 39.0 Å². The molecule has 0 saturated heterocycles. The van der Waals surface area contributed by atoms with Crippen LogP contribution in [-0.2, 0) is 16.1 Å². The lowest BCUT2D eigenvalue weighted by molar-refractivity contribution is -0.127. The predicted molar refractivity (Wildman–Crippen MR) is 109 cm³/mol. The Labute approximate surface area is 174 Å². The molecule has 0 heterocycles. The quantitative estimate of drug-likeness (QED) is 0.668. The van der Waals surface area contributed by atoms with Gasteiger partial charge in [0.05, 0.1) is 0 Å². The van der Waals surface area contributed by atoms with Crippen molar-refractivity contribution in [2.75, 3.05) is 0 Å². The van der Waals surface area contributed by atoms with Crippen molar-refractivity contribution in [2.24, 2.45) is 0 Å². The summed E-state index contributed by atoms with van der Waals surface area (Å²) >= 11 is 6.12. The molecule has 2 N–H and O–H groups in total. The van der Waals surface area contributed by atoms with Crippen molar-refractivity contribution in [3.63, 3.8) is 0 Å². The number of carbonyl (C=O) groups excluding carboxylic acids is 3. The van der Waals surface area contributed by atoms with Crippen LogP contribution >= 0.6 is 11.6 Å². The van der Waals surface area contributed by atoms with Crippen LogP contribution in [0.5, 0.6) is 5.75 Å². The van der Waals surface area contributed by atoms with Gasteiger partial charge in [0.2, 0.25) is 0 Å². The van der Waals surface area contributed by atoms with Gasteiger partial charge >= 0.3 is 12.0 Å². The Morgan fingerprint density at radius 1 is 1.00 bits per heavy atom. The average Bonchev–Trinajstić information content (AvgIpc) is 2.66. The van der Waals surface area contributed by atoms with Gasteiger partial charge in [-0.3, -0.25) is 10.1 Å². The van der Waals surface area contributed by atoms with E-state index in [1.54, 1.807) is 38.1 Å². The molecule has 29 heavy (non-hydrogen) atoms. The van der Waals surface area contributed by atoms with Gasteiger partial charge in [0.25, 0.3) is 5.91 Å². The van der Waals surface area contributed by atoms with E-state index in [0.29, 0.717) is 10.8 Å². The normalized spacial score (nSPS) is 11.5. The van der Waals surface area contributed by atoms with E-state index in [0.717, 1.165) is 5.56 Å². The number of hydrogen-bond acceptors (Lipinski definition) is 5. The van der Waals surface area contributed by atoms with E-state index >= 15 is 0 Å². The van der Waals surface area contributed by atoms with Gasteiger partial charge < -0.3 is 14.8 Å². The van der Waals surface area contributed by atoms with Crippen LogP contribution in [0.15, 0.2) is 48.5 Å². The second-order valence-corrected chi connectivity index (χ2v) is 6.95. The molecule has 1 unspecified atom stereocenters. The number of para-hydroxylation sites is 1. The molecule has 0 radical (unpaired) electrons. The Bertz CT molecular complexity index is 885. The van der Waals surface area contributed by atoms with Crippen molar-refractivity contribution in [3.8, 4) is 5.75 Å². The number of rotatable bonds is 7. The standard InChI is InChI=1S/C21H23ClN2O5/c1-13(2)23-21(27)24-19(25)14(3)29-20(26)16-9-5-7-11-18(16)28-12-15-8-4-6-10-17(15)22/h4-11,13-14H,12H2,1-3H3,(H2,23,24,25,27). The zero-order chi connectivity index (χ0) is 21.4. The summed E-state index contributed by atoms with van der Waals surface area (Å²) in [7, 11) is 0. The van der Waals surface area contributed by atoms with Crippen LogP contribution in [0.1, 0.15) is 36.7 Å². The number of urea groups is 1. The largest absolute Gasteiger partial charge is 0.488 e. The maximum absolute atomic E-state index is 12.5. The highest BCUT2D eigenvalue weighted by atomic mass is 35.5. The number of imide groups is 1. The van der Waals surface area contributed by atoms with Crippen molar-refractivity contribution < 1.29 is 23.9 Å². The number of esters is 1. The summed E-state index contributed by atoms with van der Waals surface area (Å²) in [4.78, 5) is 36.2. The predicted octanol–water partition coefficient (Wildman–Crippen LogP) is 3.70. The molecule has 0 saturated carbocycles. The highest BCUT2D eigenvalue weighted by molar-refractivity contribution is 6.31. The first-order valence-electron chi connectivity index (χ1n) is 9.05. The minimum atomic E-state index is -1.17. The molecule has 0 aliphatic rings. The summed E-state index contributed by atoms with van der Waals surface area (Å²) in [6.45, 7) is 5.05. The van der Waals surface area contributed by atoms with E-state index in [2.05, 4.69) is 10.6 Å². The van der Waals surface area contributed by atoms with Crippen LogP contribution < -0.4 is 15.4 Å². The zero-order valence-electron chi connectivity index (χ0n) is 16.4. The Hall–Kier alpha value is -3.06. The third-order valence-electron chi connectivity index (χ3n) is 3.76. The van der Waals surface area contributed by atoms with Crippen LogP contribution in [0.4, 0.5) is 4.79 Å². The second kappa shape index (κ2) is 10.5. The first kappa shape index (κ1) is 22.2. The topological polar surface area (TPSA) is 93.7 Å². The average molecular weight is 419 g/mol. The molecule has 2 rings (SSSR count). The second-order valence-electron chi connectivity index (χ2n) is 6.54. The van der Waals surface area contributed by atoms with E-state index in [4.69, 9.17) is 21.1 Å². The summed E-state index contributed by atoms with van der Waals surface area (Å²) < 4.78 is 10.9. The molecule has 0 aromatic heterocycles. The number of hydrogen-bond donors (Lipinski definition) is 2. The SMILES string of the molecule is CC(C)NC(=O)NC(=O)C(C)OC(=O)c1ccccc1OCc1ccccc1Cl. The highest BCUT2D eigenvalue weighted by Crippen LogP contribution is 2.23. The van der Waals surface area contributed by atoms with Crippen molar-refractivity contribution >= 4 is 29.5 Å². The van der Waals surface area contributed by atoms with Gasteiger partial charge in [-0.2, -0.15) is 0 Å². The smallest absolute Gasteiger partial charge is 0.342 e. The third-order valence-corrected chi connectivity index (χ3v) is 4.13. The first-order valence-corrected chi connectivity index (χ1v) is 9.43. The lowest BCUT2D eigenvalue weighted by Crippen LogP contribution is -2.46. The van der Waals surface area contributed by atoms with E-state index in [9.17, 15) is 14.4 Å². The first-order chi connectivity index (χ1) is 13.8. The van der Waals surface area contributed by atoms with Crippen LogP contribution in [0.2, 0.25) is 5.02 Å². The molecular formula is C21H23ClN2O5. The van der Waals surface area contributed by atoms with Gasteiger partial charge in [-0.1, -0.05) is 41.9 Å². The minimum absolute atomic E-state index is 0.136. The Balaban J connectivity index is 2.01. The lowest BCUT2D eigenvalue weighted by Gasteiger charge is -2.16. The van der Waals surface area contributed by atoms with Crippen LogP contribution in [0.3, 0.4) is 0 Å². The van der Waals surface area contributed by atoms with Gasteiger partial charge in [-0.25, -0.2) is 9.59 Å². The van der Waals surface area contributed by atoms with Crippen molar-refractivity contribution in [1.82, 2.24) is 10.6 Å². The summed E-state index contributed by atoms with van der Waals surface area (Å²) in [5.74, 6) is -1.18. The number of amides is 3. The number of nitrogens with one attached hydrogen (secondary N) is 2. The third kappa shape index (κ3) is 6.80. The number of halogens is 1. The number of ether oxygens (including phenoxy) is 2. The fraction of sp³-hybridized carbons (Fsp3) is 0.286. The summed E-state index contributed by atoms with van der Waals surface area (Å²) in [6, 6.07) is 12.9. The molecule has 0 bridgehead atoms. The van der Waals surface area contributed by atoms with E-state index < -0.39 is 24.0 Å². The maximum Gasteiger partial charge on any atom is 0.342 e. The fourth-order valence-electron chi connectivity index (χ4n) is 2.32. The van der Waals surface area contributed by atoms with Crippen LogP contribution in [0, 0.1) is 0 Å². The van der Waals surface area contributed by atoms with Crippen LogP contribution in [-0.4, -0.2) is 30.1 Å². The molecule has 2 aromatic carbocycles. The molecular weight excluding hydrogens is 396 g/mol. The van der Waals surface area contributed by atoms with E-state index in [-0.39, 0.29) is 18.2 Å². The molecule has 8 heteroatoms. The summed E-state index contributed by atoms with van der Waals surface area (Å²) in [5, 5.41) is 5.19. The lowest BCUT2D eigenvalue weighted by atomic mass is 10.2. The molecule has 0 aliphatic carbocycles. The zero-order valence-corrected chi connectivity index (χ0v) is 17.2. The van der Waals surface area contributed by atoms with Gasteiger partial charge in [0, 0.05) is 16.6 Å². The molecule has 3 amide bonds. The summed E-state index contributed by atoms with van der Waals surface area (Å²) in [6.07, 6.45) is -1.17. The van der Waals surface area contributed by atoms with Crippen molar-refractivity contribution in [2.45, 2.75) is 39.5 Å². The molecule has 7 nitrogen and oxygen atoms in total.